The van der Waals surface area contributed by atoms with Gasteiger partial charge in [0, 0.05) is 13.3 Å². The second-order valence-corrected chi connectivity index (χ2v) is 4.54. The molecule has 0 aromatic carbocycles. The van der Waals surface area contributed by atoms with Crippen LogP contribution < -0.4 is 0 Å². The van der Waals surface area contributed by atoms with Crippen LogP contribution in [0, 0.1) is 0 Å². The van der Waals surface area contributed by atoms with Crippen LogP contribution in [0.5, 0.6) is 0 Å². The molecule has 1 heterocycles. The summed E-state index contributed by atoms with van der Waals surface area (Å²) in [4.78, 5) is 10.6. The van der Waals surface area contributed by atoms with Gasteiger partial charge in [0.05, 0.1) is 13.2 Å². The van der Waals surface area contributed by atoms with Crippen LogP contribution in [-0.4, -0.2) is 31.6 Å². The largest absolute Gasteiger partial charge is 0.462 e. The summed E-state index contributed by atoms with van der Waals surface area (Å²) in [6.07, 6.45) is 4.83. The van der Waals surface area contributed by atoms with Crippen molar-refractivity contribution in [1.82, 2.24) is 0 Å². The van der Waals surface area contributed by atoms with Gasteiger partial charge in [0.1, 0.15) is 6.61 Å². The molecule has 1 rings (SSSR count). The highest BCUT2D eigenvalue weighted by Gasteiger charge is 2.29. The Bertz CT molecular complexity index is 277. The minimum atomic E-state index is -0.393. The molecule has 1 fully saturated rings. The zero-order valence-corrected chi connectivity index (χ0v) is 11.0. The quantitative estimate of drug-likeness (QED) is 0.530. The van der Waals surface area contributed by atoms with E-state index in [-0.39, 0.29) is 5.97 Å². The molecule has 1 aliphatic rings. The standard InChI is InChI=1S/C13H22O4/c1-11(6-8-15-12(2)14)5-4-7-13(3)16-9-10-17-13/h6H,4-5,7-10H2,1-3H3/b11-6+. The van der Waals surface area contributed by atoms with Crippen molar-refractivity contribution >= 4 is 5.97 Å². The molecule has 0 aromatic heterocycles. The zero-order valence-electron chi connectivity index (χ0n) is 11.0. The van der Waals surface area contributed by atoms with E-state index in [9.17, 15) is 4.79 Å². The molecule has 0 atom stereocenters. The van der Waals surface area contributed by atoms with Gasteiger partial charge in [-0.25, -0.2) is 0 Å². The highest BCUT2D eigenvalue weighted by molar-refractivity contribution is 5.66. The number of hydrogen-bond acceptors (Lipinski definition) is 4. The Hall–Kier alpha value is -0.870. The van der Waals surface area contributed by atoms with E-state index in [1.165, 1.54) is 12.5 Å². The number of carbonyl (C=O) groups excluding carboxylic acids is 1. The summed E-state index contributed by atoms with van der Waals surface area (Å²) in [5, 5.41) is 0. The molecule has 0 radical (unpaired) electrons. The SMILES string of the molecule is CC(=O)OC/C=C(\C)CCCC1(C)OCCO1. The molecule has 0 aromatic rings. The number of allylic oxidation sites excluding steroid dienone is 1. The lowest BCUT2D eigenvalue weighted by atomic mass is 10.1. The summed E-state index contributed by atoms with van der Waals surface area (Å²) in [5.74, 6) is -0.634. The normalized spacial score (nSPS) is 19.4. The molecular formula is C13H22O4. The molecular weight excluding hydrogens is 220 g/mol. The molecule has 0 N–H and O–H groups in total. The molecule has 0 amide bonds. The lowest BCUT2D eigenvalue weighted by Crippen LogP contribution is -2.25. The van der Waals surface area contributed by atoms with Crippen molar-refractivity contribution in [3.63, 3.8) is 0 Å². The van der Waals surface area contributed by atoms with Crippen molar-refractivity contribution in [2.45, 2.75) is 45.8 Å². The Kier molecular flexibility index (Phi) is 5.65. The van der Waals surface area contributed by atoms with Crippen LogP contribution in [0.2, 0.25) is 0 Å². The van der Waals surface area contributed by atoms with Crippen LogP contribution >= 0.6 is 0 Å². The van der Waals surface area contributed by atoms with Crippen LogP contribution in [0.3, 0.4) is 0 Å². The summed E-state index contributed by atoms with van der Waals surface area (Å²) in [6.45, 7) is 7.19. The lowest BCUT2D eigenvalue weighted by molar-refractivity contribution is -0.147. The number of carbonyl (C=O) groups is 1. The molecule has 0 unspecified atom stereocenters. The topological polar surface area (TPSA) is 44.8 Å². The first-order chi connectivity index (χ1) is 8.02. The third kappa shape index (κ3) is 5.84. The van der Waals surface area contributed by atoms with Crippen LogP contribution in [0.4, 0.5) is 0 Å². The van der Waals surface area contributed by atoms with Crippen molar-refractivity contribution in [3.8, 4) is 0 Å². The second kappa shape index (κ2) is 6.77. The van der Waals surface area contributed by atoms with Crippen molar-refractivity contribution < 1.29 is 19.0 Å². The predicted octanol–water partition coefficient (Wildman–Crippen LogP) is 2.43. The average molecular weight is 242 g/mol. The Morgan fingerprint density at radius 1 is 1.35 bits per heavy atom. The van der Waals surface area contributed by atoms with E-state index in [0.717, 1.165) is 19.3 Å². The zero-order chi connectivity index (χ0) is 12.7. The minimum Gasteiger partial charge on any atom is -0.462 e. The van der Waals surface area contributed by atoms with E-state index in [4.69, 9.17) is 14.2 Å². The maximum atomic E-state index is 10.6. The van der Waals surface area contributed by atoms with Gasteiger partial charge in [0.2, 0.25) is 0 Å². The van der Waals surface area contributed by atoms with E-state index in [2.05, 4.69) is 0 Å². The average Bonchev–Trinajstić information content (AvgIpc) is 2.65. The van der Waals surface area contributed by atoms with Gasteiger partial charge in [0.25, 0.3) is 0 Å². The molecule has 4 heteroatoms. The van der Waals surface area contributed by atoms with Gasteiger partial charge in [-0.1, -0.05) is 5.57 Å². The number of rotatable bonds is 6. The maximum Gasteiger partial charge on any atom is 0.302 e. The Balaban J connectivity index is 2.14. The van der Waals surface area contributed by atoms with Crippen LogP contribution in [0.1, 0.15) is 40.0 Å². The van der Waals surface area contributed by atoms with Crippen LogP contribution in [-0.2, 0) is 19.0 Å². The highest BCUT2D eigenvalue weighted by Crippen LogP contribution is 2.25. The monoisotopic (exact) mass is 242 g/mol. The van der Waals surface area contributed by atoms with Gasteiger partial charge in [-0.3, -0.25) is 4.79 Å². The maximum absolute atomic E-state index is 10.6. The van der Waals surface area contributed by atoms with E-state index in [1.54, 1.807) is 0 Å². The Morgan fingerprint density at radius 2 is 2.00 bits per heavy atom. The molecule has 0 bridgehead atoms. The molecule has 4 nitrogen and oxygen atoms in total. The first kappa shape index (κ1) is 14.2. The summed E-state index contributed by atoms with van der Waals surface area (Å²) < 4.78 is 15.9. The second-order valence-electron chi connectivity index (χ2n) is 4.54. The first-order valence-corrected chi connectivity index (χ1v) is 6.09. The predicted molar refractivity (Wildman–Crippen MR) is 64.6 cm³/mol. The first-order valence-electron chi connectivity index (χ1n) is 6.09. The smallest absolute Gasteiger partial charge is 0.302 e. The summed E-state index contributed by atoms with van der Waals surface area (Å²) in [7, 11) is 0. The van der Waals surface area contributed by atoms with E-state index in [0.29, 0.717) is 19.8 Å². The lowest BCUT2D eigenvalue weighted by Gasteiger charge is -2.21. The van der Waals surface area contributed by atoms with Crippen LogP contribution in [0.15, 0.2) is 11.6 Å². The van der Waals surface area contributed by atoms with Crippen molar-refractivity contribution in [2.75, 3.05) is 19.8 Å². The van der Waals surface area contributed by atoms with Gasteiger partial charge in [-0.15, -0.1) is 0 Å². The minimum absolute atomic E-state index is 0.241. The molecule has 98 valence electrons. The number of hydrogen-bond donors (Lipinski definition) is 0. The van der Waals surface area contributed by atoms with Crippen molar-refractivity contribution in [1.29, 1.82) is 0 Å². The van der Waals surface area contributed by atoms with Gasteiger partial charge >= 0.3 is 5.97 Å². The number of ether oxygens (including phenoxy) is 3. The Morgan fingerprint density at radius 3 is 2.59 bits per heavy atom. The van der Waals surface area contributed by atoms with Crippen LogP contribution in [0.25, 0.3) is 0 Å². The fraction of sp³-hybridized carbons (Fsp3) is 0.769. The van der Waals surface area contributed by atoms with Gasteiger partial charge in [-0.2, -0.15) is 0 Å². The van der Waals surface area contributed by atoms with Crippen molar-refractivity contribution in [3.05, 3.63) is 11.6 Å². The van der Waals surface area contributed by atoms with Gasteiger partial charge in [-0.05, 0) is 32.8 Å². The third-order valence-corrected chi connectivity index (χ3v) is 2.82. The van der Waals surface area contributed by atoms with Gasteiger partial charge < -0.3 is 14.2 Å². The third-order valence-electron chi connectivity index (χ3n) is 2.82. The molecule has 17 heavy (non-hydrogen) atoms. The fourth-order valence-electron chi connectivity index (χ4n) is 1.79. The Labute approximate surface area is 103 Å². The number of esters is 1. The van der Waals surface area contributed by atoms with Gasteiger partial charge in [0.15, 0.2) is 5.79 Å². The van der Waals surface area contributed by atoms with E-state index >= 15 is 0 Å². The molecule has 1 saturated heterocycles. The summed E-state index contributed by atoms with van der Waals surface area (Å²) in [6, 6.07) is 0. The van der Waals surface area contributed by atoms with E-state index < -0.39 is 5.79 Å². The summed E-state index contributed by atoms with van der Waals surface area (Å²) in [5.41, 5.74) is 1.23. The molecule has 0 spiro atoms. The van der Waals surface area contributed by atoms with Crippen molar-refractivity contribution in [2.24, 2.45) is 0 Å². The molecule has 0 aliphatic carbocycles. The fourth-order valence-corrected chi connectivity index (χ4v) is 1.79. The molecule has 1 aliphatic heterocycles. The van der Waals surface area contributed by atoms with E-state index in [1.807, 2.05) is 19.9 Å². The summed E-state index contributed by atoms with van der Waals surface area (Å²) >= 11 is 0. The highest BCUT2D eigenvalue weighted by atomic mass is 16.7. The molecule has 0 saturated carbocycles.